The Labute approximate surface area is 598 Å². The van der Waals surface area contributed by atoms with Gasteiger partial charge in [0.25, 0.3) is 0 Å². The normalized spacial score (nSPS) is 27.0. The lowest BCUT2D eigenvalue weighted by Crippen LogP contribution is -2.63. The molecular formula is C73H116ClN11O13S. The summed E-state index contributed by atoms with van der Waals surface area (Å²) in [6, 6.07) is 2.82. The molecule has 0 spiro atoms. The number of hydrogen-bond acceptors (Lipinski definition) is 14. The van der Waals surface area contributed by atoms with Gasteiger partial charge in [0.2, 0.25) is 65.0 Å². The highest BCUT2D eigenvalue weighted by atomic mass is 35.5. The maximum absolute atomic E-state index is 15.7. The number of benzene rings is 2. The maximum atomic E-state index is 15.7. The van der Waals surface area contributed by atoms with Crippen LogP contribution in [0.5, 0.6) is 5.75 Å². The molecular weight excluding hydrogens is 1310 g/mol. The van der Waals surface area contributed by atoms with Gasteiger partial charge in [-0.05, 0) is 118 Å². The van der Waals surface area contributed by atoms with Gasteiger partial charge in [-0.1, -0.05) is 151 Å². The van der Waals surface area contributed by atoms with Gasteiger partial charge in [0.15, 0.2) is 0 Å². The van der Waals surface area contributed by atoms with Gasteiger partial charge >= 0.3 is 0 Å². The van der Waals surface area contributed by atoms with E-state index in [1.165, 1.54) is 104 Å². The lowest BCUT2D eigenvalue weighted by molar-refractivity contribution is -0.157. The number of hydrogen-bond donors (Lipinski definition) is 4. The molecule has 99 heavy (non-hydrogen) atoms. The van der Waals surface area contributed by atoms with Crippen LogP contribution in [0.1, 0.15) is 155 Å². The molecule has 26 heteroatoms. The second kappa shape index (κ2) is 38.2. The molecule has 4 N–H and O–H groups in total. The molecule has 2 aromatic carbocycles. The maximum Gasteiger partial charge on any atom is 0.246 e. The number of nitrogens with zero attached hydrogens (tertiary/aromatic N) is 7. The van der Waals surface area contributed by atoms with Crippen molar-refractivity contribution < 1.29 is 62.2 Å². The Balaban J connectivity index is 1.90. The number of amides is 11. The van der Waals surface area contributed by atoms with Crippen molar-refractivity contribution >= 4 is 88.3 Å². The zero-order valence-corrected chi connectivity index (χ0v) is 64.5. The average molecular weight is 1420 g/mol. The van der Waals surface area contributed by atoms with Gasteiger partial charge in [-0.15, -0.1) is 0 Å². The second-order valence-corrected chi connectivity index (χ2v) is 31.2. The van der Waals surface area contributed by atoms with Crippen molar-refractivity contribution in [2.24, 2.45) is 41.4 Å². The second-order valence-electron chi connectivity index (χ2n) is 29.5. The van der Waals surface area contributed by atoms with Gasteiger partial charge in [-0.25, -0.2) is 0 Å². The molecule has 2 heterocycles. The van der Waals surface area contributed by atoms with Gasteiger partial charge in [-0.2, -0.15) is 0 Å². The van der Waals surface area contributed by atoms with Gasteiger partial charge in [0.05, 0.1) is 17.7 Å². The summed E-state index contributed by atoms with van der Waals surface area (Å²) in [4.78, 5) is 173. The van der Waals surface area contributed by atoms with Crippen molar-refractivity contribution in [3.8, 4) is 5.75 Å². The largest absolute Gasteiger partial charge is 0.487 e. The monoisotopic (exact) mass is 1420 g/mol. The Bertz CT molecular complexity index is 3120. The van der Waals surface area contributed by atoms with Gasteiger partial charge in [0.1, 0.15) is 78.2 Å². The molecule has 0 bridgehead atoms. The van der Waals surface area contributed by atoms with Crippen LogP contribution in [0, 0.1) is 41.4 Å². The summed E-state index contributed by atoms with van der Waals surface area (Å²) in [5, 5.41) is 11.6. The summed E-state index contributed by atoms with van der Waals surface area (Å²) >= 11 is 8.03. The lowest BCUT2D eigenvalue weighted by Gasteiger charge is -2.41. The topological polar surface area (TPSA) is 277 Å². The first-order chi connectivity index (χ1) is 46.1. The van der Waals surface area contributed by atoms with Crippen LogP contribution in [0.2, 0.25) is 5.02 Å². The van der Waals surface area contributed by atoms with Gasteiger partial charge in [0, 0.05) is 54.2 Å². The molecule has 554 valence electrons. The van der Waals surface area contributed by atoms with E-state index >= 15 is 19.2 Å². The highest BCUT2D eigenvalue weighted by molar-refractivity contribution is 7.99. The van der Waals surface area contributed by atoms with Crippen molar-refractivity contribution in [3.63, 3.8) is 0 Å². The fraction of sp³-hybridized carbons (Fsp3) is 0.685. The van der Waals surface area contributed by atoms with Crippen LogP contribution in [0.25, 0.3) is 0 Å². The first kappa shape index (κ1) is 84.4. The van der Waals surface area contributed by atoms with E-state index in [1.807, 2.05) is 105 Å². The van der Waals surface area contributed by atoms with E-state index in [0.717, 1.165) is 15.4 Å². The number of ether oxygens (including phenoxy) is 2. The summed E-state index contributed by atoms with van der Waals surface area (Å²) in [6.07, 6.45) is 0.0579. The molecule has 0 saturated carbocycles. The zero-order chi connectivity index (χ0) is 74.9. The van der Waals surface area contributed by atoms with Crippen molar-refractivity contribution in [1.29, 1.82) is 0 Å². The molecule has 11 amide bonds. The van der Waals surface area contributed by atoms with Crippen molar-refractivity contribution in [2.75, 3.05) is 55.9 Å². The minimum absolute atomic E-state index is 0.0373. The number of carbonyl (C=O) groups excluding carboxylic acids is 11. The minimum atomic E-state index is -1.43. The molecule has 0 unspecified atom stereocenters. The summed E-state index contributed by atoms with van der Waals surface area (Å²) in [7, 11) is 10.2. The molecule has 2 aliphatic rings. The molecule has 0 aliphatic carbocycles. The highest BCUT2D eigenvalue weighted by Crippen LogP contribution is 2.41. The average Bonchev–Trinajstić information content (AvgIpc) is 1.78. The Morgan fingerprint density at radius 3 is 1.55 bits per heavy atom. The van der Waals surface area contributed by atoms with Crippen LogP contribution < -0.4 is 26.0 Å². The van der Waals surface area contributed by atoms with Crippen LogP contribution in [0.3, 0.4) is 0 Å². The van der Waals surface area contributed by atoms with Crippen molar-refractivity contribution in [3.05, 3.63) is 59.1 Å². The first-order valence-corrected chi connectivity index (χ1v) is 36.2. The third-order valence-corrected chi connectivity index (χ3v) is 20.0. The van der Waals surface area contributed by atoms with Crippen molar-refractivity contribution in [1.82, 2.24) is 55.6 Å². The number of thioether (sulfide) groups is 1. The molecule has 2 fully saturated rings. The van der Waals surface area contributed by atoms with Gasteiger partial charge in [-0.3, -0.25) is 52.7 Å². The van der Waals surface area contributed by atoms with Crippen molar-refractivity contribution in [2.45, 2.75) is 233 Å². The summed E-state index contributed by atoms with van der Waals surface area (Å²) in [5.74, 6) is -8.83. The van der Waals surface area contributed by atoms with E-state index < -0.39 is 161 Å². The standard InChI is InChI=1S/C73H116ClN11O13S/c1-24-52-69(92)79(17)38-58(86)80(18)53(32-40(2)3)66(89)78-60(44(10)11)72(95)81(19)54(33-41(4)5)65(88)75-47(15)64(87)76-48(16)68(91)82(20)55(34-42(6)7)70(93)83(21)56(35-43(8)9)71(94)84(22)61(45(12)13)73(96)85(23)62(67(90)77-52)63-46(14)36-59(98-63)99-50-30-31-51(74)57(37-50)97-39-49-28-26-25-27-29-49/h25-31,37,40-48,52-56,59-63H,24,32-36,38-39H2,1-23H3,(H,75,88)(H,76,87)(H,77,90)(H,78,89)/t46-,47+,48-,52+,53+,54+,55+,56+,59+,60+,61+,62+,63-/m1/s1. The van der Waals surface area contributed by atoms with Gasteiger partial charge < -0.3 is 65.0 Å². The third-order valence-electron chi connectivity index (χ3n) is 18.6. The van der Waals surface area contributed by atoms with Crippen LogP contribution in [-0.4, -0.2) is 227 Å². The van der Waals surface area contributed by atoms with Crippen LogP contribution in [0.15, 0.2) is 53.4 Å². The zero-order valence-electron chi connectivity index (χ0n) is 63.0. The smallest absolute Gasteiger partial charge is 0.246 e. The predicted octanol–water partition coefficient (Wildman–Crippen LogP) is 7.08. The fourth-order valence-corrected chi connectivity index (χ4v) is 14.1. The number of halogens is 1. The van der Waals surface area contributed by atoms with Crippen LogP contribution in [-0.2, 0) is 64.1 Å². The number of rotatable bonds is 17. The minimum Gasteiger partial charge on any atom is -0.487 e. The predicted molar refractivity (Wildman–Crippen MR) is 384 cm³/mol. The van der Waals surface area contributed by atoms with E-state index in [9.17, 15) is 33.6 Å². The SMILES string of the molecule is CC[C@@H]1NC(=O)[C@H]([C@@H]2O[C@@H](Sc3ccc(Cl)c(OCc4ccccc4)c3)C[C@H]2C)N(C)C(=O)[C@H](C(C)C)N(C)C(=O)[C@H](CC(C)C)N(C)C(=O)[C@H](CC(C)C)N(C)C(=O)[C@@H](C)NC(=O)[C@H](C)NC(=O)[C@H](CC(C)C)N(C)C(=O)[C@H](C(C)C)NC(=O)[C@H](CC(C)C)N(C)C(=O)CN(C)C1=O. The summed E-state index contributed by atoms with van der Waals surface area (Å²) in [6.45, 7) is 28.2. The van der Waals surface area contributed by atoms with E-state index in [2.05, 4.69) is 21.3 Å². The Morgan fingerprint density at radius 1 is 0.525 bits per heavy atom. The Morgan fingerprint density at radius 2 is 1.02 bits per heavy atom. The Kier molecular flexibility index (Phi) is 32.5. The highest BCUT2D eigenvalue weighted by Gasteiger charge is 2.49. The Hall–Kier alpha value is -6.99. The lowest BCUT2D eigenvalue weighted by atomic mass is 9.93. The first-order valence-electron chi connectivity index (χ1n) is 35.0. The number of likely N-dealkylation sites (N-methyl/N-ethyl adjacent to an activating group) is 7. The third kappa shape index (κ3) is 23.0. The van der Waals surface area contributed by atoms with E-state index in [0.29, 0.717) is 17.2 Å². The molecule has 0 aromatic heterocycles. The van der Waals surface area contributed by atoms with E-state index in [4.69, 9.17) is 21.1 Å². The molecule has 24 nitrogen and oxygen atoms in total. The van der Waals surface area contributed by atoms with E-state index in [1.54, 1.807) is 40.7 Å². The number of nitrogens with one attached hydrogen (secondary N) is 4. The molecule has 0 radical (unpaired) electrons. The summed E-state index contributed by atoms with van der Waals surface area (Å²) in [5.41, 5.74) is 0.373. The van der Waals surface area contributed by atoms with E-state index in [-0.39, 0.29) is 62.4 Å². The quantitative estimate of drug-likeness (QED) is 0.123. The fourth-order valence-electron chi connectivity index (χ4n) is 12.7. The van der Waals surface area contributed by atoms with Crippen LogP contribution in [0.4, 0.5) is 0 Å². The molecule has 13 atom stereocenters. The molecule has 2 aromatic rings. The summed E-state index contributed by atoms with van der Waals surface area (Å²) < 4.78 is 13.0. The van der Waals surface area contributed by atoms with Crippen LogP contribution >= 0.6 is 23.4 Å². The number of carbonyl (C=O) groups is 11. The molecule has 2 saturated heterocycles. The molecule has 2 aliphatic heterocycles. The molecule has 4 rings (SSSR count).